The Morgan fingerprint density at radius 2 is 2.10 bits per heavy atom. The fraction of sp³-hybridized carbons (Fsp3) is 0.643. The highest BCUT2D eigenvalue weighted by atomic mass is 32.2. The summed E-state index contributed by atoms with van der Waals surface area (Å²) < 4.78 is 25.6. The first-order chi connectivity index (χ1) is 9.62. The monoisotopic (exact) mass is 297 g/mol. The van der Waals surface area contributed by atoms with Crippen molar-refractivity contribution in [3.63, 3.8) is 0 Å². The molecule has 0 bridgehead atoms. The maximum Gasteiger partial charge on any atom is 0.214 e. The highest BCUT2D eigenvalue weighted by Crippen LogP contribution is 2.15. The lowest BCUT2D eigenvalue weighted by Crippen LogP contribution is -2.45. The molecule has 1 aromatic heterocycles. The number of nitrogens with one attached hydrogen (secondary N) is 1. The normalized spacial score (nSPS) is 18.2. The quantitative estimate of drug-likeness (QED) is 0.861. The Balaban J connectivity index is 1.77. The van der Waals surface area contributed by atoms with Crippen LogP contribution in [0.25, 0.3) is 0 Å². The van der Waals surface area contributed by atoms with Gasteiger partial charge in [-0.15, -0.1) is 0 Å². The lowest BCUT2D eigenvalue weighted by atomic mass is 10.1. The highest BCUT2D eigenvalue weighted by Gasteiger charge is 2.26. The molecule has 1 aliphatic heterocycles. The highest BCUT2D eigenvalue weighted by molar-refractivity contribution is 7.89. The first-order valence-electron chi connectivity index (χ1n) is 7.23. The third kappa shape index (κ3) is 4.26. The Bertz CT molecular complexity index is 496. The van der Waals surface area contributed by atoms with Crippen molar-refractivity contribution in [1.82, 2.24) is 14.6 Å². The van der Waals surface area contributed by atoms with Gasteiger partial charge in [0.15, 0.2) is 0 Å². The summed E-state index contributed by atoms with van der Waals surface area (Å²) in [7, 11) is -3.03. The minimum atomic E-state index is -3.03. The third-order valence-corrected chi connectivity index (χ3v) is 5.68. The molecule has 0 unspecified atom stereocenters. The summed E-state index contributed by atoms with van der Waals surface area (Å²) in [6, 6.07) is 6.25. The molecule has 1 N–H and O–H groups in total. The van der Waals surface area contributed by atoms with Crippen molar-refractivity contribution in [1.29, 1.82) is 0 Å². The van der Waals surface area contributed by atoms with Crippen LogP contribution in [0.5, 0.6) is 0 Å². The van der Waals surface area contributed by atoms with E-state index in [0.29, 0.717) is 25.6 Å². The number of pyridine rings is 1. The van der Waals surface area contributed by atoms with E-state index in [1.807, 2.05) is 25.1 Å². The SMILES string of the molecule is CCCS(=O)(=O)N1CCC(NCc2ccccn2)CC1. The van der Waals surface area contributed by atoms with Crippen LogP contribution in [0.15, 0.2) is 24.4 Å². The van der Waals surface area contributed by atoms with Crippen molar-refractivity contribution >= 4 is 10.0 Å². The van der Waals surface area contributed by atoms with Crippen LogP contribution in [-0.2, 0) is 16.6 Å². The second-order valence-electron chi connectivity index (χ2n) is 5.19. The van der Waals surface area contributed by atoms with Crippen molar-refractivity contribution in [2.75, 3.05) is 18.8 Å². The zero-order chi connectivity index (χ0) is 14.4. The fourth-order valence-electron chi connectivity index (χ4n) is 2.48. The summed E-state index contributed by atoms with van der Waals surface area (Å²) in [4.78, 5) is 4.27. The predicted octanol–water partition coefficient (Wildman–Crippen LogP) is 1.38. The van der Waals surface area contributed by atoms with Gasteiger partial charge >= 0.3 is 0 Å². The van der Waals surface area contributed by atoms with Gasteiger partial charge in [0.25, 0.3) is 0 Å². The van der Waals surface area contributed by atoms with Crippen molar-refractivity contribution in [3.8, 4) is 0 Å². The summed E-state index contributed by atoms with van der Waals surface area (Å²) >= 11 is 0. The predicted molar refractivity (Wildman–Crippen MR) is 79.7 cm³/mol. The molecule has 1 aliphatic rings. The van der Waals surface area contributed by atoms with Gasteiger partial charge in [-0.25, -0.2) is 12.7 Å². The Morgan fingerprint density at radius 3 is 2.70 bits per heavy atom. The van der Waals surface area contributed by atoms with Crippen molar-refractivity contribution in [2.45, 2.75) is 38.8 Å². The lowest BCUT2D eigenvalue weighted by molar-refractivity contribution is 0.288. The van der Waals surface area contributed by atoms with Crippen LogP contribution in [0.3, 0.4) is 0 Å². The van der Waals surface area contributed by atoms with Crippen LogP contribution in [0.4, 0.5) is 0 Å². The lowest BCUT2D eigenvalue weighted by Gasteiger charge is -2.31. The van der Waals surface area contributed by atoms with Crippen molar-refractivity contribution in [2.24, 2.45) is 0 Å². The summed E-state index contributed by atoms with van der Waals surface area (Å²) in [6.07, 6.45) is 4.21. The number of hydrogen-bond donors (Lipinski definition) is 1. The van der Waals surface area contributed by atoms with Crippen LogP contribution in [-0.4, -0.2) is 42.6 Å². The minimum Gasteiger partial charge on any atom is -0.308 e. The van der Waals surface area contributed by atoms with Gasteiger partial charge < -0.3 is 5.32 Å². The standard InChI is InChI=1S/C14H23N3O2S/c1-2-11-20(18,19)17-9-6-13(7-10-17)16-12-14-5-3-4-8-15-14/h3-5,8,13,16H,2,6-7,9-12H2,1H3. The Labute approximate surface area is 121 Å². The minimum absolute atomic E-state index is 0.263. The molecular formula is C14H23N3O2S. The second kappa shape index (κ2) is 7.15. The molecule has 1 fully saturated rings. The Kier molecular flexibility index (Phi) is 5.51. The average molecular weight is 297 g/mol. The van der Waals surface area contributed by atoms with E-state index in [9.17, 15) is 8.42 Å². The number of hydrogen-bond acceptors (Lipinski definition) is 4. The second-order valence-corrected chi connectivity index (χ2v) is 7.28. The van der Waals surface area contributed by atoms with Gasteiger partial charge in [0.1, 0.15) is 0 Å². The van der Waals surface area contributed by atoms with E-state index in [4.69, 9.17) is 0 Å². The van der Waals surface area contributed by atoms with Crippen LogP contribution in [0.1, 0.15) is 31.9 Å². The molecule has 1 saturated heterocycles. The molecule has 1 aromatic rings. The maximum atomic E-state index is 12.0. The van der Waals surface area contributed by atoms with Crippen LogP contribution in [0, 0.1) is 0 Å². The third-order valence-electron chi connectivity index (χ3n) is 3.61. The molecule has 20 heavy (non-hydrogen) atoms. The number of sulfonamides is 1. The molecular weight excluding hydrogens is 274 g/mol. The first kappa shape index (κ1) is 15.4. The Morgan fingerprint density at radius 1 is 1.35 bits per heavy atom. The molecule has 0 atom stereocenters. The van der Waals surface area contributed by atoms with E-state index in [0.717, 1.165) is 25.1 Å². The molecule has 5 nitrogen and oxygen atoms in total. The smallest absolute Gasteiger partial charge is 0.214 e. The summed E-state index contributed by atoms with van der Waals surface area (Å²) in [6.45, 7) is 3.90. The molecule has 0 spiro atoms. The fourth-order valence-corrected chi connectivity index (χ4v) is 4.02. The van der Waals surface area contributed by atoms with Gasteiger partial charge in [-0.3, -0.25) is 4.98 Å². The molecule has 0 aliphatic carbocycles. The van der Waals surface area contributed by atoms with E-state index >= 15 is 0 Å². The number of rotatable bonds is 6. The zero-order valence-electron chi connectivity index (χ0n) is 12.0. The van der Waals surface area contributed by atoms with Crippen LogP contribution >= 0.6 is 0 Å². The molecule has 0 radical (unpaired) electrons. The number of aromatic nitrogens is 1. The van der Waals surface area contributed by atoms with Crippen molar-refractivity contribution in [3.05, 3.63) is 30.1 Å². The van der Waals surface area contributed by atoms with Gasteiger partial charge in [-0.05, 0) is 31.4 Å². The first-order valence-corrected chi connectivity index (χ1v) is 8.84. The number of nitrogens with zero attached hydrogens (tertiary/aromatic N) is 2. The summed E-state index contributed by atoms with van der Waals surface area (Å²) in [5.74, 6) is 0.263. The van der Waals surface area contributed by atoms with E-state index in [-0.39, 0.29) is 5.75 Å². The molecule has 2 rings (SSSR count). The van der Waals surface area contributed by atoms with Gasteiger partial charge in [0, 0.05) is 31.9 Å². The average Bonchev–Trinajstić information content (AvgIpc) is 2.47. The molecule has 2 heterocycles. The van der Waals surface area contributed by atoms with Gasteiger partial charge in [-0.2, -0.15) is 0 Å². The van der Waals surface area contributed by atoms with E-state index in [2.05, 4.69) is 10.3 Å². The molecule has 112 valence electrons. The molecule has 0 aromatic carbocycles. The van der Waals surface area contributed by atoms with Crippen LogP contribution in [0.2, 0.25) is 0 Å². The Hall–Kier alpha value is -0.980. The van der Waals surface area contributed by atoms with E-state index in [1.54, 1.807) is 10.5 Å². The molecule has 0 amide bonds. The van der Waals surface area contributed by atoms with Gasteiger partial charge in [-0.1, -0.05) is 13.0 Å². The van der Waals surface area contributed by atoms with Gasteiger partial charge in [0.05, 0.1) is 11.4 Å². The molecule has 6 heteroatoms. The largest absolute Gasteiger partial charge is 0.308 e. The topological polar surface area (TPSA) is 62.3 Å². The maximum absolute atomic E-state index is 12.0. The van der Waals surface area contributed by atoms with Crippen molar-refractivity contribution < 1.29 is 8.42 Å². The van der Waals surface area contributed by atoms with Gasteiger partial charge in [0.2, 0.25) is 10.0 Å². The summed E-state index contributed by atoms with van der Waals surface area (Å²) in [5, 5.41) is 3.46. The van der Waals surface area contributed by atoms with Crippen LogP contribution < -0.4 is 5.32 Å². The molecule has 0 saturated carbocycles. The zero-order valence-corrected chi connectivity index (χ0v) is 12.8. The van der Waals surface area contributed by atoms with E-state index < -0.39 is 10.0 Å². The summed E-state index contributed by atoms with van der Waals surface area (Å²) in [5.41, 5.74) is 1.02. The van der Waals surface area contributed by atoms with E-state index in [1.165, 1.54) is 0 Å². The number of piperidine rings is 1.